The van der Waals surface area contributed by atoms with Crippen molar-refractivity contribution in [3.63, 3.8) is 0 Å². The number of carboxylic acids is 1. The molecule has 4 aliphatic rings. The lowest BCUT2D eigenvalue weighted by molar-refractivity contribution is -0.251. The zero-order valence-electron chi connectivity index (χ0n) is 36.6. The van der Waals surface area contributed by atoms with E-state index in [9.17, 15) is 39.0 Å². The monoisotopic (exact) mass is 908 g/mol. The van der Waals surface area contributed by atoms with Gasteiger partial charge in [-0.25, -0.2) is 9.78 Å². The molecular formula is C44H56N6O15. The number of likely N-dealkylation sites (tertiary alicyclic amines) is 1. The molecule has 1 saturated heterocycles. The molecule has 6 N–H and O–H groups in total. The number of carbonyl (C=O) groups is 5. The molecule has 0 aliphatic carbocycles. The van der Waals surface area contributed by atoms with E-state index in [2.05, 4.69) is 10.6 Å². The molecule has 0 spiro atoms. The van der Waals surface area contributed by atoms with E-state index in [1.807, 2.05) is 12.1 Å². The molecule has 1 unspecified atom stereocenters. The molecule has 65 heavy (non-hydrogen) atoms. The number of benzene rings is 1. The van der Waals surface area contributed by atoms with E-state index in [0.717, 1.165) is 10.9 Å². The molecule has 0 bridgehead atoms. The average molecular weight is 909 g/mol. The third-order valence-electron chi connectivity index (χ3n) is 12.0. The molecule has 1 aromatic carbocycles. The van der Waals surface area contributed by atoms with Crippen molar-refractivity contribution in [2.75, 3.05) is 59.5 Å². The van der Waals surface area contributed by atoms with Crippen molar-refractivity contribution >= 4 is 40.6 Å². The summed E-state index contributed by atoms with van der Waals surface area (Å²) in [6.07, 6.45) is -2.03. The summed E-state index contributed by atoms with van der Waals surface area (Å²) in [4.78, 5) is 87.1. The molecule has 21 nitrogen and oxygen atoms in total. The second-order valence-electron chi connectivity index (χ2n) is 16.5. The lowest BCUT2D eigenvalue weighted by Crippen LogP contribution is -2.58. The smallest absolute Gasteiger partial charge is 0.329 e. The number of fused-ring (bicyclic) bond motifs is 6. The first-order valence-corrected chi connectivity index (χ1v) is 21.8. The van der Waals surface area contributed by atoms with Crippen LogP contribution in [0.3, 0.4) is 0 Å². The molecule has 1 fully saturated rings. The molecule has 5 atom stereocenters. The zero-order valence-corrected chi connectivity index (χ0v) is 36.6. The van der Waals surface area contributed by atoms with Gasteiger partial charge in [-0.1, -0.05) is 20.8 Å². The normalized spacial score (nSPS) is 20.2. The van der Waals surface area contributed by atoms with Gasteiger partial charge in [-0.2, -0.15) is 0 Å². The summed E-state index contributed by atoms with van der Waals surface area (Å²) in [6, 6.07) is 3.33. The van der Waals surface area contributed by atoms with Crippen LogP contribution in [0.4, 0.5) is 0 Å². The molecule has 7 rings (SSSR count). The summed E-state index contributed by atoms with van der Waals surface area (Å²) in [5, 5.41) is 27.1. The topological polar surface area (TPSA) is 279 Å². The quantitative estimate of drug-likeness (QED) is 0.0567. The number of ether oxygens (including phenoxy) is 7. The number of aliphatic carboxylic acids is 1. The maximum absolute atomic E-state index is 14.3. The highest BCUT2D eigenvalue weighted by Gasteiger charge is 2.51. The highest BCUT2D eigenvalue weighted by Crippen LogP contribution is 2.44. The fraction of sp³-hybridized carbons (Fsp3) is 0.568. The maximum atomic E-state index is 14.3. The van der Waals surface area contributed by atoms with Crippen LogP contribution in [-0.2, 0) is 66.4 Å². The van der Waals surface area contributed by atoms with Crippen LogP contribution in [0.1, 0.15) is 69.6 Å². The van der Waals surface area contributed by atoms with Crippen molar-refractivity contribution in [2.45, 2.75) is 96.0 Å². The highest BCUT2D eigenvalue weighted by atomic mass is 16.7. The molecule has 3 amide bonds. The van der Waals surface area contributed by atoms with Crippen molar-refractivity contribution in [3.05, 3.63) is 51.3 Å². The molecule has 0 saturated carbocycles. The van der Waals surface area contributed by atoms with Crippen molar-refractivity contribution in [3.8, 4) is 22.9 Å². The minimum Gasteiger partial charge on any atom is -0.481 e. The lowest BCUT2D eigenvalue weighted by Gasteiger charge is -2.42. The second-order valence-corrected chi connectivity index (χ2v) is 16.5. The Labute approximate surface area is 373 Å². The van der Waals surface area contributed by atoms with Crippen molar-refractivity contribution in [2.24, 2.45) is 11.7 Å². The maximum Gasteiger partial charge on any atom is 0.329 e. The Bertz CT molecular complexity index is 2360. The number of carboxylic acid groups (broad SMARTS) is 1. The van der Waals surface area contributed by atoms with Gasteiger partial charge in [-0.3, -0.25) is 24.0 Å². The zero-order chi connectivity index (χ0) is 46.4. The predicted molar refractivity (Wildman–Crippen MR) is 227 cm³/mol. The number of aliphatic hydroxyl groups excluding tert-OH is 1. The number of hydrogen-bond acceptors (Lipinski definition) is 16. The van der Waals surface area contributed by atoms with E-state index in [4.69, 9.17) is 43.9 Å². The van der Waals surface area contributed by atoms with Crippen LogP contribution in [-0.4, -0.2) is 138 Å². The molecular weight excluding hydrogens is 853 g/mol. The number of nitrogens with one attached hydrogen (secondary N) is 2. The molecule has 352 valence electrons. The van der Waals surface area contributed by atoms with E-state index in [1.165, 1.54) is 4.90 Å². The largest absolute Gasteiger partial charge is 0.481 e. The highest BCUT2D eigenvalue weighted by molar-refractivity contribution is 5.95. The fourth-order valence-corrected chi connectivity index (χ4v) is 8.58. The number of nitrogens with zero attached hydrogens (tertiary/aromatic N) is 3. The molecule has 2 aromatic heterocycles. The van der Waals surface area contributed by atoms with Gasteiger partial charge in [0.1, 0.15) is 18.1 Å². The third-order valence-corrected chi connectivity index (χ3v) is 12.0. The number of esters is 1. The summed E-state index contributed by atoms with van der Waals surface area (Å²) in [7, 11) is 0. The van der Waals surface area contributed by atoms with Gasteiger partial charge in [-0.15, -0.1) is 0 Å². The van der Waals surface area contributed by atoms with E-state index in [0.29, 0.717) is 61.2 Å². The second kappa shape index (κ2) is 20.6. The van der Waals surface area contributed by atoms with Crippen molar-refractivity contribution < 1.29 is 67.3 Å². The first-order chi connectivity index (χ1) is 31.3. The summed E-state index contributed by atoms with van der Waals surface area (Å²) in [5.41, 5.74) is 5.91. The van der Waals surface area contributed by atoms with Gasteiger partial charge >= 0.3 is 11.9 Å². The van der Waals surface area contributed by atoms with Gasteiger partial charge in [0, 0.05) is 42.1 Å². The van der Waals surface area contributed by atoms with E-state index >= 15 is 0 Å². The van der Waals surface area contributed by atoms with E-state index < -0.39 is 77.6 Å². The minimum absolute atomic E-state index is 0.0157. The van der Waals surface area contributed by atoms with Gasteiger partial charge in [-0.05, 0) is 43.4 Å². The Kier molecular flexibility index (Phi) is 15.0. The van der Waals surface area contributed by atoms with Gasteiger partial charge in [0.15, 0.2) is 23.4 Å². The SMILES string of the molecule is CC[C@]1(OC(=O)[C@@H](NC(=O)[C@@H]2CCCN2C(=O)[C@H](CC(=O)O)NC(=O)CCOCCOCCOCCN)C(C)C)c2cc3n(c(=O)c2COC1O)Cc1cc2cc4c(cc2nc1-3)OCO4. The Balaban J connectivity index is 1.03. The minimum atomic E-state index is -1.88. The first-order valence-electron chi connectivity index (χ1n) is 21.8. The molecule has 0 radical (unpaired) electrons. The van der Waals surface area contributed by atoms with Gasteiger partial charge < -0.3 is 69.2 Å². The lowest BCUT2D eigenvalue weighted by atomic mass is 9.84. The summed E-state index contributed by atoms with van der Waals surface area (Å²) in [5.74, 6) is -3.79. The molecule has 4 aliphatic heterocycles. The van der Waals surface area contributed by atoms with Gasteiger partial charge in [0.25, 0.3) is 5.56 Å². The van der Waals surface area contributed by atoms with Gasteiger partial charge in [0.2, 0.25) is 24.5 Å². The Morgan fingerprint density at radius 2 is 1.69 bits per heavy atom. The number of aliphatic hydroxyl groups is 1. The Hall–Kier alpha value is -5.71. The Morgan fingerprint density at radius 1 is 0.985 bits per heavy atom. The van der Waals surface area contributed by atoms with Crippen LogP contribution in [0.25, 0.3) is 22.3 Å². The summed E-state index contributed by atoms with van der Waals surface area (Å²) >= 11 is 0. The number of pyridine rings is 2. The Morgan fingerprint density at radius 3 is 2.38 bits per heavy atom. The predicted octanol–water partition coefficient (Wildman–Crippen LogP) is 0.641. The van der Waals surface area contributed by atoms with Crippen LogP contribution in [0.2, 0.25) is 0 Å². The van der Waals surface area contributed by atoms with Crippen molar-refractivity contribution in [1.82, 2.24) is 25.1 Å². The number of aromatic nitrogens is 2. The van der Waals surface area contributed by atoms with E-state index in [-0.39, 0.29) is 76.7 Å². The van der Waals surface area contributed by atoms with E-state index in [1.54, 1.807) is 37.5 Å². The summed E-state index contributed by atoms with van der Waals surface area (Å²) < 4.78 is 40.6. The number of carbonyl (C=O) groups excluding carboxylic acids is 4. The van der Waals surface area contributed by atoms with Crippen LogP contribution in [0, 0.1) is 5.92 Å². The average Bonchev–Trinajstić information content (AvgIpc) is 4.04. The van der Waals surface area contributed by atoms with Gasteiger partial charge in [0.05, 0.1) is 81.7 Å². The van der Waals surface area contributed by atoms with Crippen molar-refractivity contribution in [1.29, 1.82) is 0 Å². The molecule has 21 heteroatoms. The van der Waals surface area contributed by atoms with Crippen LogP contribution in [0.15, 0.2) is 29.1 Å². The molecule has 6 heterocycles. The fourth-order valence-electron chi connectivity index (χ4n) is 8.58. The molecule has 3 aromatic rings. The summed E-state index contributed by atoms with van der Waals surface area (Å²) in [6.45, 7) is 7.20. The number of nitrogens with two attached hydrogens (primary N) is 1. The standard InChI is InChI=1S/C44H56N6O15/c1-4-44(28-18-32-38-26(21-50(32)40(55)27(28)22-62-43(44)58)16-25-17-33-34(64-23-63-33)19-29(25)47-38)65-42(57)37(24(2)3)48-39(54)31-6-5-9-49(31)41(56)30(20-36(52)53)46-35(51)7-10-59-12-14-61-15-13-60-11-8-45/h16-19,24,30-31,37,43,58H,4-15,20-23,45H2,1-3H3,(H,46,51)(H,48,54)(H,52,53)/t30-,31-,37-,43?,44-/m0/s1. The number of rotatable bonds is 21. The van der Waals surface area contributed by atoms with Crippen LogP contribution >= 0.6 is 0 Å². The number of hydrogen-bond donors (Lipinski definition) is 5. The first kappa shape index (κ1) is 47.3. The van der Waals surface area contributed by atoms with Crippen LogP contribution < -0.4 is 31.4 Å². The number of amides is 3. The van der Waals surface area contributed by atoms with Crippen LogP contribution in [0.5, 0.6) is 11.5 Å². The third kappa shape index (κ3) is 10.1.